The van der Waals surface area contributed by atoms with Crippen molar-refractivity contribution in [2.45, 2.75) is 23.6 Å². The highest BCUT2D eigenvalue weighted by Gasteiger charge is 2.36. The van der Waals surface area contributed by atoms with E-state index in [9.17, 15) is 4.79 Å². The van der Waals surface area contributed by atoms with Crippen LogP contribution >= 0.6 is 23.2 Å². The van der Waals surface area contributed by atoms with Crippen molar-refractivity contribution in [1.82, 2.24) is 0 Å². The first kappa shape index (κ1) is 8.15. The fourth-order valence-corrected chi connectivity index (χ4v) is 1.20. The molecule has 2 nitrogen and oxygen atoms in total. The fraction of sp³-hybridized carbons (Fsp3) is 0.833. The van der Waals surface area contributed by atoms with Crippen molar-refractivity contribution >= 4 is 29.2 Å². The summed E-state index contributed by atoms with van der Waals surface area (Å²) in [6.45, 7) is 0.444. The van der Waals surface area contributed by atoms with E-state index in [-0.39, 0.29) is 0 Å². The SMILES string of the molecule is O=C1OCCCCC1(Cl)Cl. The zero-order valence-electron chi connectivity index (χ0n) is 5.40. The molecule has 1 saturated heterocycles. The highest BCUT2D eigenvalue weighted by atomic mass is 35.5. The third-order valence-electron chi connectivity index (χ3n) is 1.42. The monoisotopic (exact) mass is 182 g/mol. The van der Waals surface area contributed by atoms with Gasteiger partial charge in [-0.1, -0.05) is 23.2 Å². The van der Waals surface area contributed by atoms with Crippen LogP contribution in [0.5, 0.6) is 0 Å². The van der Waals surface area contributed by atoms with Crippen LogP contribution in [0, 0.1) is 0 Å². The third-order valence-corrected chi connectivity index (χ3v) is 2.10. The lowest BCUT2D eigenvalue weighted by Gasteiger charge is -2.12. The molecule has 1 heterocycles. The Morgan fingerprint density at radius 3 is 2.80 bits per heavy atom. The van der Waals surface area contributed by atoms with E-state index >= 15 is 0 Å². The van der Waals surface area contributed by atoms with E-state index in [4.69, 9.17) is 27.9 Å². The van der Waals surface area contributed by atoms with Crippen LogP contribution in [-0.4, -0.2) is 16.9 Å². The molecule has 0 spiro atoms. The molecule has 0 bridgehead atoms. The minimum absolute atomic E-state index is 0.444. The molecule has 0 aromatic rings. The lowest BCUT2D eigenvalue weighted by atomic mass is 10.2. The average molecular weight is 183 g/mol. The first-order valence-corrected chi connectivity index (χ1v) is 3.93. The highest BCUT2D eigenvalue weighted by Crippen LogP contribution is 2.31. The standard InChI is InChI=1S/C6H8Cl2O2/c7-6(8)3-1-2-4-10-5(6)9/h1-4H2. The summed E-state index contributed by atoms with van der Waals surface area (Å²) < 4.78 is 3.42. The fourth-order valence-electron chi connectivity index (χ4n) is 0.822. The first-order chi connectivity index (χ1) is 4.63. The van der Waals surface area contributed by atoms with Crippen molar-refractivity contribution < 1.29 is 9.53 Å². The summed E-state index contributed by atoms with van der Waals surface area (Å²) in [5, 5.41) is 0. The summed E-state index contributed by atoms with van der Waals surface area (Å²) in [5.74, 6) is -0.506. The van der Waals surface area contributed by atoms with Crippen molar-refractivity contribution in [1.29, 1.82) is 0 Å². The second kappa shape index (κ2) is 2.97. The molecular weight excluding hydrogens is 175 g/mol. The Labute approximate surface area is 69.4 Å². The van der Waals surface area contributed by atoms with Crippen molar-refractivity contribution in [2.75, 3.05) is 6.61 Å². The molecule has 10 heavy (non-hydrogen) atoms. The van der Waals surface area contributed by atoms with Gasteiger partial charge in [0.15, 0.2) is 0 Å². The Hall–Kier alpha value is 0.0500. The van der Waals surface area contributed by atoms with Gasteiger partial charge in [0.25, 0.3) is 0 Å². The predicted octanol–water partition coefficient (Wildman–Crippen LogP) is 1.89. The van der Waals surface area contributed by atoms with Crippen LogP contribution in [0.2, 0.25) is 0 Å². The molecule has 0 aromatic carbocycles. The Balaban J connectivity index is 2.61. The molecule has 0 aliphatic carbocycles. The molecule has 1 aliphatic rings. The minimum atomic E-state index is -1.30. The van der Waals surface area contributed by atoms with E-state index < -0.39 is 10.3 Å². The summed E-state index contributed by atoms with van der Waals surface area (Å²) in [7, 11) is 0. The maximum Gasteiger partial charge on any atom is 0.342 e. The Morgan fingerprint density at radius 2 is 2.10 bits per heavy atom. The van der Waals surface area contributed by atoms with E-state index in [1.807, 2.05) is 0 Å². The Morgan fingerprint density at radius 1 is 1.40 bits per heavy atom. The van der Waals surface area contributed by atoms with Crippen molar-refractivity contribution in [3.05, 3.63) is 0 Å². The summed E-state index contributed by atoms with van der Waals surface area (Å²) in [4.78, 5) is 10.8. The molecule has 0 N–H and O–H groups in total. The van der Waals surface area contributed by atoms with Gasteiger partial charge < -0.3 is 4.74 Å². The van der Waals surface area contributed by atoms with E-state index in [0.29, 0.717) is 13.0 Å². The zero-order chi connectivity index (χ0) is 7.61. The van der Waals surface area contributed by atoms with Gasteiger partial charge in [-0.25, -0.2) is 4.79 Å². The molecule has 1 rings (SSSR count). The van der Waals surface area contributed by atoms with E-state index in [2.05, 4.69) is 0 Å². The van der Waals surface area contributed by atoms with Crippen LogP contribution in [0.25, 0.3) is 0 Å². The second-order valence-corrected chi connectivity index (χ2v) is 3.78. The number of rotatable bonds is 0. The van der Waals surface area contributed by atoms with Crippen LogP contribution in [0.3, 0.4) is 0 Å². The summed E-state index contributed by atoms with van der Waals surface area (Å²) in [6, 6.07) is 0. The van der Waals surface area contributed by atoms with Crippen LogP contribution in [0.1, 0.15) is 19.3 Å². The number of alkyl halides is 2. The molecule has 0 unspecified atom stereocenters. The molecule has 0 amide bonds. The van der Waals surface area contributed by atoms with Gasteiger partial charge in [0.05, 0.1) is 6.61 Å². The topological polar surface area (TPSA) is 26.3 Å². The summed E-state index contributed by atoms with van der Waals surface area (Å²) in [5.41, 5.74) is 0. The maximum absolute atomic E-state index is 10.8. The van der Waals surface area contributed by atoms with E-state index in [0.717, 1.165) is 12.8 Å². The molecule has 1 fully saturated rings. The van der Waals surface area contributed by atoms with Gasteiger partial charge in [-0.05, 0) is 19.3 Å². The number of hydrogen-bond donors (Lipinski definition) is 0. The van der Waals surface area contributed by atoms with Gasteiger partial charge >= 0.3 is 5.97 Å². The van der Waals surface area contributed by atoms with Gasteiger partial charge in [-0.2, -0.15) is 0 Å². The zero-order valence-corrected chi connectivity index (χ0v) is 6.91. The van der Waals surface area contributed by atoms with E-state index in [1.54, 1.807) is 0 Å². The molecule has 0 saturated carbocycles. The first-order valence-electron chi connectivity index (χ1n) is 3.18. The van der Waals surface area contributed by atoms with Crippen LogP contribution < -0.4 is 0 Å². The van der Waals surface area contributed by atoms with Gasteiger partial charge in [0, 0.05) is 0 Å². The van der Waals surface area contributed by atoms with Crippen molar-refractivity contribution in [3.8, 4) is 0 Å². The third kappa shape index (κ3) is 1.77. The average Bonchev–Trinajstić information content (AvgIpc) is 1.96. The smallest absolute Gasteiger partial charge is 0.342 e. The van der Waals surface area contributed by atoms with Crippen LogP contribution in [-0.2, 0) is 9.53 Å². The quantitative estimate of drug-likeness (QED) is 0.423. The molecule has 0 radical (unpaired) electrons. The maximum atomic E-state index is 10.8. The normalized spacial score (nSPS) is 25.2. The minimum Gasteiger partial charge on any atom is -0.463 e. The summed E-state index contributed by atoms with van der Waals surface area (Å²) in [6.07, 6.45) is 2.20. The molecule has 0 aromatic heterocycles. The Bertz CT molecular complexity index is 145. The lowest BCUT2D eigenvalue weighted by Crippen LogP contribution is -2.26. The van der Waals surface area contributed by atoms with E-state index in [1.165, 1.54) is 0 Å². The van der Waals surface area contributed by atoms with Crippen LogP contribution in [0.15, 0.2) is 0 Å². The van der Waals surface area contributed by atoms with Gasteiger partial charge in [0.1, 0.15) is 0 Å². The largest absolute Gasteiger partial charge is 0.463 e. The summed E-state index contributed by atoms with van der Waals surface area (Å²) >= 11 is 11.2. The molecular formula is C6H8Cl2O2. The molecule has 1 aliphatic heterocycles. The number of carbonyl (C=O) groups excluding carboxylic acids is 1. The number of halogens is 2. The number of hydrogen-bond acceptors (Lipinski definition) is 2. The lowest BCUT2D eigenvalue weighted by molar-refractivity contribution is -0.143. The van der Waals surface area contributed by atoms with Crippen molar-refractivity contribution in [2.24, 2.45) is 0 Å². The molecule has 4 heteroatoms. The van der Waals surface area contributed by atoms with Crippen molar-refractivity contribution in [3.63, 3.8) is 0 Å². The predicted molar refractivity (Wildman–Crippen MR) is 39.2 cm³/mol. The Kier molecular flexibility index (Phi) is 2.42. The number of carbonyl (C=O) groups is 1. The highest BCUT2D eigenvalue weighted by molar-refractivity contribution is 6.57. The van der Waals surface area contributed by atoms with Gasteiger partial charge in [-0.3, -0.25) is 0 Å². The second-order valence-electron chi connectivity index (χ2n) is 2.30. The van der Waals surface area contributed by atoms with Crippen LogP contribution in [0.4, 0.5) is 0 Å². The van der Waals surface area contributed by atoms with Gasteiger partial charge in [-0.15, -0.1) is 0 Å². The molecule has 58 valence electrons. The molecule has 0 atom stereocenters. The number of cyclic esters (lactones) is 1. The number of esters is 1. The number of ether oxygens (including phenoxy) is 1. The van der Waals surface area contributed by atoms with Gasteiger partial charge in [0.2, 0.25) is 4.33 Å².